The Morgan fingerprint density at radius 2 is 2.04 bits per heavy atom. The van der Waals surface area contributed by atoms with Gasteiger partial charge in [-0.05, 0) is 50.6 Å². The molecule has 1 aliphatic heterocycles. The number of fused-ring (bicyclic) bond motifs is 1. The van der Waals surface area contributed by atoms with Crippen molar-refractivity contribution in [2.45, 2.75) is 56.8 Å². The van der Waals surface area contributed by atoms with Crippen LogP contribution in [0.3, 0.4) is 0 Å². The van der Waals surface area contributed by atoms with Gasteiger partial charge in [-0.1, -0.05) is 6.42 Å². The first-order valence-electron chi connectivity index (χ1n) is 8.15. The van der Waals surface area contributed by atoms with Crippen molar-refractivity contribution in [2.24, 2.45) is 0 Å². The molecule has 0 saturated carbocycles. The van der Waals surface area contributed by atoms with Gasteiger partial charge in [0.05, 0.1) is 5.56 Å². The summed E-state index contributed by atoms with van der Waals surface area (Å²) in [7, 11) is -4.42. The Morgan fingerprint density at radius 1 is 1.29 bits per heavy atom. The molecular weight excluding hydrogens is 371 g/mol. The van der Waals surface area contributed by atoms with Crippen molar-refractivity contribution >= 4 is 37.2 Å². The summed E-state index contributed by atoms with van der Waals surface area (Å²) in [4.78, 5) is 33.2. The van der Waals surface area contributed by atoms with Gasteiger partial charge in [0.1, 0.15) is 5.78 Å². The molecule has 0 spiro atoms. The lowest BCUT2D eigenvalue weighted by Crippen LogP contribution is -2.51. The minimum Gasteiger partial charge on any atom is -0.337 e. The third kappa shape index (κ3) is 4.40. The number of aryl methyl sites for hydroxylation is 1. The molecule has 1 amide bonds. The summed E-state index contributed by atoms with van der Waals surface area (Å²) >= 11 is 1.58. The van der Waals surface area contributed by atoms with Crippen LogP contribution in [0.1, 0.15) is 52.9 Å². The summed E-state index contributed by atoms with van der Waals surface area (Å²) in [5.41, 5.74) is 1.67. The second-order valence-corrected chi connectivity index (χ2v) is 9.02. The van der Waals surface area contributed by atoms with E-state index in [1.165, 1.54) is 4.88 Å². The van der Waals surface area contributed by atoms with Crippen LogP contribution in [0.25, 0.3) is 0 Å². The lowest BCUT2D eigenvalue weighted by atomic mass is 9.95. The highest BCUT2D eigenvalue weighted by molar-refractivity contribution is 7.52. The van der Waals surface area contributed by atoms with Crippen molar-refractivity contribution in [2.75, 3.05) is 6.54 Å². The molecule has 0 bridgehead atoms. The van der Waals surface area contributed by atoms with Crippen LogP contribution < -0.4 is 10.6 Å². The van der Waals surface area contributed by atoms with Crippen LogP contribution in [0.15, 0.2) is 5.38 Å². The van der Waals surface area contributed by atoms with Crippen molar-refractivity contribution in [1.29, 1.82) is 0 Å². The molecule has 1 saturated heterocycles. The smallest absolute Gasteiger partial charge is 0.337 e. The lowest BCUT2D eigenvalue weighted by Gasteiger charge is -2.32. The Bertz CT molecular complexity index is 627. The van der Waals surface area contributed by atoms with Crippen molar-refractivity contribution in [3.8, 4) is 0 Å². The van der Waals surface area contributed by atoms with E-state index < -0.39 is 13.4 Å². The highest BCUT2D eigenvalue weighted by Gasteiger charge is 2.38. The van der Waals surface area contributed by atoms with Gasteiger partial charge in [0, 0.05) is 16.3 Å². The molecule has 4 N–H and O–H groups in total. The van der Waals surface area contributed by atoms with Crippen LogP contribution in [0, 0.1) is 0 Å². The Hall–Kier alpha value is -0.430. The number of nitrogens with one attached hydrogen (secondary N) is 2. The standard InChI is InChI=1S/C15H23N2O4PS.ClH/c18-14(11-9-23-13-7-2-1-5-10(11)13)17-15(22(19,20)21)12-6-3-4-8-16-12;/h9,12,15-16H,1-8H2,(H,17,18)(H2,19,20,21);1H. The number of halogens is 1. The molecule has 0 radical (unpaired) electrons. The number of amides is 1. The van der Waals surface area contributed by atoms with Gasteiger partial charge < -0.3 is 20.4 Å². The number of carbonyl (C=O) groups is 1. The molecule has 1 aromatic heterocycles. The van der Waals surface area contributed by atoms with Gasteiger partial charge in [0.2, 0.25) is 0 Å². The van der Waals surface area contributed by atoms with E-state index in [9.17, 15) is 19.1 Å². The summed E-state index contributed by atoms with van der Waals surface area (Å²) < 4.78 is 11.9. The van der Waals surface area contributed by atoms with E-state index in [1.54, 1.807) is 11.3 Å². The normalized spacial score (nSPS) is 22.2. The van der Waals surface area contributed by atoms with E-state index in [-0.39, 0.29) is 24.4 Å². The Labute approximate surface area is 152 Å². The second kappa shape index (κ2) is 8.30. The average Bonchev–Trinajstić information content (AvgIpc) is 2.96. The summed E-state index contributed by atoms with van der Waals surface area (Å²) in [6.07, 6.45) is 6.66. The first-order chi connectivity index (χ1) is 11.0. The van der Waals surface area contributed by atoms with Gasteiger partial charge in [-0.3, -0.25) is 9.36 Å². The molecule has 1 aliphatic carbocycles. The van der Waals surface area contributed by atoms with Crippen LogP contribution in [0.2, 0.25) is 0 Å². The Morgan fingerprint density at radius 3 is 2.71 bits per heavy atom. The van der Waals surface area contributed by atoms with E-state index in [0.717, 1.165) is 50.6 Å². The number of piperidine rings is 1. The largest absolute Gasteiger partial charge is 0.349 e. The first-order valence-corrected chi connectivity index (χ1v) is 10.7. The molecule has 6 nitrogen and oxygen atoms in total. The van der Waals surface area contributed by atoms with Crippen LogP contribution in [0.5, 0.6) is 0 Å². The quantitative estimate of drug-likeness (QED) is 0.588. The fraction of sp³-hybridized carbons (Fsp3) is 0.667. The van der Waals surface area contributed by atoms with E-state index in [4.69, 9.17) is 0 Å². The average molecular weight is 395 g/mol. The maximum Gasteiger partial charge on any atom is 0.349 e. The maximum absolute atomic E-state index is 12.6. The molecule has 2 atom stereocenters. The lowest BCUT2D eigenvalue weighted by molar-refractivity contribution is 0.0932. The minimum absolute atomic E-state index is 0. The summed E-state index contributed by atoms with van der Waals surface area (Å²) in [6.45, 7) is 0.727. The zero-order valence-electron chi connectivity index (χ0n) is 13.4. The van der Waals surface area contributed by atoms with Crippen molar-refractivity contribution in [1.82, 2.24) is 10.6 Å². The number of hydrogen-bond acceptors (Lipinski definition) is 4. The third-order valence-electron chi connectivity index (χ3n) is 4.68. The molecule has 9 heteroatoms. The Kier molecular flexibility index (Phi) is 6.88. The minimum atomic E-state index is -4.42. The molecule has 2 aliphatic rings. The summed E-state index contributed by atoms with van der Waals surface area (Å²) in [6, 6.07) is -0.372. The van der Waals surface area contributed by atoms with Gasteiger partial charge in [-0.2, -0.15) is 0 Å². The third-order valence-corrected chi connectivity index (χ3v) is 6.98. The molecule has 24 heavy (non-hydrogen) atoms. The molecule has 2 unspecified atom stereocenters. The summed E-state index contributed by atoms with van der Waals surface area (Å²) in [5.74, 6) is -1.51. The zero-order valence-corrected chi connectivity index (χ0v) is 15.9. The van der Waals surface area contributed by atoms with Gasteiger partial charge in [-0.15, -0.1) is 23.7 Å². The molecule has 3 rings (SSSR count). The SMILES string of the molecule is Cl.O=C(NC(C1CCCCN1)P(=O)(O)O)c1csc2c1CCCC2. The van der Waals surface area contributed by atoms with Crippen LogP contribution in [0.4, 0.5) is 0 Å². The van der Waals surface area contributed by atoms with Crippen molar-refractivity contribution < 1.29 is 19.1 Å². The monoisotopic (exact) mass is 394 g/mol. The predicted octanol–water partition coefficient (Wildman–Crippen LogP) is 2.42. The highest BCUT2D eigenvalue weighted by atomic mass is 35.5. The van der Waals surface area contributed by atoms with E-state index in [1.807, 2.05) is 5.38 Å². The molecule has 0 aromatic carbocycles. The fourth-order valence-corrected chi connectivity index (χ4v) is 5.60. The zero-order chi connectivity index (χ0) is 16.4. The van der Waals surface area contributed by atoms with Crippen LogP contribution in [-0.2, 0) is 17.4 Å². The van der Waals surface area contributed by atoms with E-state index in [0.29, 0.717) is 12.0 Å². The molecule has 136 valence electrons. The van der Waals surface area contributed by atoms with Crippen LogP contribution >= 0.6 is 31.3 Å². The topological polar surface area (TPSA) is 98.7 Å². The number of hydrogen-bond donors (Lipinski definition) is 4. The molecule has 2 heterocycles. The molecule has 1 fully saturated rings. The van der Waals surface area contributed by atoms with Crippen LogP contribution in [-0.4, -0.2) is 34.1 Å². The van der Waals surface area contributed by atoms with Gasteiger partial charge >= 0.3 is 7.60 Å². The van der Waals surface area contributed by atoms with E-state index >= 15 is 0 Å². The number of carbonyl (C=O) groups excluding carboxylic acids is 1. The second-order valence-electron chi connectivity index (χ2n) is 6.32. The van der Waals surface area contributed by atoms with Crippen molar-refractivity contribution in [3.63, 3.8) is 0 Å². The predicted molar refractivity (Wildman–Crippen MR) is 97.1 cm³/mol. The number of rotatable bonds is 4. The first kappa shape index (κ1) is 19.9. The van der Waals surface area contributed by atoms with E-state index in [2.05, 4.69) is 10.6 Å². The maximum atomic E-state index is 12.6. The van der Waals surface area contributed by atoms with Gasteiger partial charge in [0.15, 0.2) is 0 Å². The Balaban J connectivity index is 0.00000208. The molecule has 1 aromatic rings. The van der Waals surface area contributed by atoms with Gasteiger partial charge in [0.25, 0.3) is 5.91 Å². The molecular formula is C15H24ClN2O4PS. The fourth-order valence-electron chi connectivity index (χ4n) is 3.46. The highest BCUT2D eigenvalue weighted by Crippen LogP contribution is 2.43. The summed E-state index contributed by atoms with van der Waals surface area (Å²) in [5, 5.41) is 7.59. The van der Waals surface area contributed by atoms with Crippen molar-refractivity contribution in [3.05, 3.63) is 21.4 Å². The van der Waals surface area contributed by atoms with Gasteiger partial charge in [-0.25, -0.2) is 0 Å². The number of thiophene rings is 1.